The minimum Gasteiger partial charge on any atom is -0.341 e. The molecule has 1 unspecified atom stereocenters. The van der Waals surface area contributed by atoms with Gasteiger partial charge in [0.05, 0.1) is 5.92 Å². The lowest BCUT2D eigenvalue weighted by Gasteiger charge is -2.24. The Bertz CT molecular complexity index is 418. The summed E-state index contributed by atoms with van der Waals surface area (Å²) in [6, 6.07) is 7.56. The molecule has 1 saturated heterocycles. The monoisotopic (exact) mass is 302 g/mol. The molecule has 5 heteroatoms. The van der Waals surface area contributed by atoms with E-state index in [0.29, 0.717) is 5.02 Å². The Morgan fingerprint density at radius 3 is 2.89 bits per heavy atom. The third-order valence-corrected chi connectivity index (χ3v) is 3.61. The van der Waals surface area contributed by atoms with Crippen LogP contribution in [0.4, 0.5) is 0 Å². The highest BCUT2D eigenvalue weighted by Gasteiger charge is 2.22. The zero-order valence-electron chi connectivity index (χ0n) is 11.1. The van der Waals surface area contributed by atoms with Crippen molar-refractivity contribution >= 4 is 29.9 Å². The maximum Gasteiger partial charge on any atom is 0.229 e. The summed E-state index contributed by atoms with van der Waals surface area (Å²) in [4.78, 5) is 14.4. The summed E-state index contributed by atoms with van der Waals surface area (Å²) in [5.74, 6) is 0.0720. The highest BCUT2D eigenvalue weighted by molar-refractivity contribution is 6.30. The molecule has 0 spiro atoms. The van der Waals surface area contributed by atoms with Gasteiger partial charge in [-0.2, -0.15) is 0 Å². The topological polar surface area (TPSA) is 32.3 Å². The van der Waals surface area contributed by atoms with Crippen LogP contribution in [0.15, 0.2) is 24.3 Å². The van der Waals surface area contributed by atoms with Crippen molar-refractivity contribution in [3.63, 3.8) is 0 Å². The zero-order chi connectivity index (χ0) is 13.0. The number of halogens is 2. The fraction of sp³-hybridized carbons (Fsp3) is 0.500. The number of carbonyl (C=O) groups excluding carboxylic acids is 1. The Hall–Kier alpha value is -0.770. The summed E-state index contributed by atoms with van der Waals surface area (Å²) in [6.45, 7) is 5.47. The van der Waals surface area contributed by atoms with E-state index in [4.69, 9.17) is 11.6 Å². The molecule has 1 amide bonds. The first-order chi connectivity index (χ1) is 8.68. The van der Waals surface area contributed by atoms with Crippen LogP contribution in [0.1, 0.15) is 24.8 Å². The minimum absolute atomic E-state index is 0. The molecule has 1 aliphatic rings. The van der Waals surface area contributed by atoms with Gasteiger partial charge in [0, 0.05) is 24.7 Å². The Morgan fingerprint density at radius 2 is 2.16 bits per heavy atom. The first-order valence-electron chi connectivity index (χ1n) is 6.43. The smallest absolute Gasteiger partial charge is 0.229 e. The summed E-state index contributed by atoms with van der Waals surface area (Å²) in [5.41, 5.74) is 0.990. The van der Waals surface area contributed by atoms with Gasteiger partial charge in [-0.1, -0.05) is 23.7 Å². The van der Waals surface area contributed by atoms with Crippen LogP contribution >= 0.6 is 24.0 Å². The lowest BCUT2D eigenvalue weighted by Crippen LogP contribution is -2.36. The Morgan fingerprint density at radius 1 is 1.37 bits per heavy atom. The van der Waals surface area contributed by atoms with Crippen LogP contribution < -0.4 is 5.32 Å². The zero-order valence-corrected chi connectivity index (χ0v) is 12.6. The minimum atomic E-state index is -0.123. The first kappa shape index (κ1) is 16.3. The van der Waals surface area contributed by atoms with Crippen molar-refractivity contribution in [2.45, 2.75) is 19.3 Å². The largest absolute Gasteiger partial charge is 0.341 e. The molecule has 1 atom stereocenters. The molecule has 1 aromatic rings. The van der Waals surface area contributed by atoms with Crippen molar-refractivity contribution in [2.24, 2.45) is 0 Å². The number of carbonyl (C=O) groups is 1. The molecule has 3 nitrogen and oxygen atoms in total. The number of hydrogen-bond donors (Lipinski definition) is 1. The lowest BCUT2D eigenvalue weighted by atomic mass is 9.99. The fourth-order valence-electron chi connectivity index (χ4n) is 2.26. The number of benzene rings is 1. The molecule has 106 valence electrons. The molecule has 1 aliphatic heterocycles. The quantitative estimate of drug-likeness (QED) is 0.911. The van der Waals surface area contributed by atoms with Gasteiger partial charge in [-0.3, -0.25) is 4.79 Å². The average molecular weight is 303 g/mol. The van der Waals surface area contributed by atoms with Crippen molar-refractivity contribution < 1.29 is 4.79 Å². The molecular formula is C14H20Cl2N2O. The van der Waals surface area contributed by atoms with E-state index in [1.54, 1.807) is 0 Å². The first-order valence-corrected chi connectivity index (χ1v) is 6.81. The maximum absolute atomic E-state index is 12.4. The highest BCUT2D eigenvalue weighted by Crippen LogP contribution is 2.21. The average Bonchev–Trinajstić information content (AvgIpc) is 2.66. The van der Waals surface area contributed by atoms with E-state index in [9.17, 15) is 4.79 Å². The standard InChI is InChI=1S/C14H19ClN2O.ClH/c1-11(12-4-2-5-13(15)10-12)14(18)17-8-3-6-16-7-9-17;/h2,4-5,10-11,16H,3,6-9H2,1H3;1H. The molecule has 1 aromatic carbocycles. The number of nitrogens with one attached hydrogen (secondary N) is 1. The van der Waals surface area contributed by atoms with Crippen LogP contribution in [0.5, 0.6) is 0 Å². The van der Waals surface area contributed by atoms with Gasteiger partial charge in [0.2, 0.25) is 5.91 Å². The fourth-order valence-corrected chi connectivity index (χ4v) is 2.46. The SMILES string of the molecule is CC(C(=O)N1CCCNCC1)c1cccc(Cl)c1.Cl. The van der Waals surface area contributed by atoms with E-state index in [1.807, 2.05) is 36.1 Å². The molecule has 0 saturated carbocycles. The summed E-state index contributed by atoms with van der Waals surface area (Å²) >= 11 is 5.97. The van der Waals surface area contributed by atoms with Crippen molar-refractivity contribution in [2.75, 3.05) is 26.2 Å². The predicted octanol–water partition coefficient (Wildman–Crippen LogP) is 2.69. The van der Waals surface area contributed by atoms with Crippen molar-refractivity contribution in [3.05, 3.63) is 34.9 Å². The third kappa shape index (κ3) is 4.37. The molecule has 1 heterocycles. The van der Waals surface area contributed by atoms with Gasteiger partial charge < -0.3 is 10.2 Å². The normalized spacial score (nSPS) is 17.3. The molecule has 0 radical (unpaired) electrons. The van der Waals surface area contributed by atoms with Gasteiger partial charge >= 0.3 is 0 Å². The Kier molecular flexibility index (Phi) is 6.63. The van der Waals surface area contributed by atoms with Crippen molar-refractivity contribution in [1.82, 2.24) is 10.2 Å². The van der Waals surface area contributed by atoms with Crippen LogP contribution in [0.2, 0.25) is 5.02 Å². The molecule has 0 bridgehead atoms. The number of nitrogens with zero attached hydrogens (tertiary/aromatic N) is 1. The second kappa shape index (κ2) is 7.73. The summed E-state index contributed by atoms with van der Waals surface area (Å²) in [7, 11) is 0. The van der Waals surface area contributed by atoms with Gasteiger partial charge in [0.15, 0.2) is 0 Å². The molecule has 0 aromatic heterocycles. The van der Waals surface area contributed by atoms with E-state index in [1.165, 1.54) is 0 Å². The van der Waals surface area contributed by atoms with Crippen LogP contribution in [0, 0.1) is 0 Å². The molecule has 2 rings (SSSR count). The molecular weight excluding hydrogens is 283 g/mol. The number of amides is 1. The number of hydrogen-bond acceptors (Lipinski definition) is 2. The van der Waals surface area contributed by atoms with Crippen LogP contribution in [-0.2, 0) is 4.79 Å². The van der Waals surface area contributed by atoms with Crippen LogP contribution in [0.25, 0.3) is 0 Å². The second-order valence-corrected chi connectivity index (χ2v) is 5.14. The van der Waals surface area contributed by atoms with Gasteiger partial charge in [-0.05, 0) is 37.6 Å². The van der Waals surface area contributed by atoms with Crippen LogP contribution in [-0.4, -0.2) is 37.0 Å². The van der Waals surface area contributed by atoms with Gasteiger partial charge in [-0.25, -0.2) is 0 Å². The Balaban J connectivity index is 0.00000180. The lowest BCUT2D eigenvalue weighted by molar-refractivity contribution is -0.132. The molecule has 1 fully saturated rings. The van der Waals surface area contributed by atoms with Crippen molar-refractivity contribution in [1.29, 1.82) is 0 Å². The Labute approximate surface area is 125 Å². The van der Waals surface area contributed by atoms with E-state index in [2.05, 4.69) is 5.32 Å². The molecule has 0 aliphatic carbocycles. The highest BCUT2D eigenvalue weighted by atomic mass is 35.5. The summed E-state index contributed by atoms with van der Waals surface area (Å²) in [6.07, 6.45) is 1.02. The second-order valence-electron chi connectivity index (χ2n) is 4.71. The summed E-state index contributed by atoms with van der Waals surface area (Å²) in [5, 5.41) is 3.99. The van der Waals surface area contributed by atoms with E-state index in [0.717, 1.165) is 38.2 Å². The van der Waals surface area contributed by atoms with Gasteiger partial charge in [0.1, 0.15) is 0 Å². The number of rotatable bonds is 2. The van der Waals surface area contributed by atoms with E-state index < -0.39 is 0 Å². The summed E-state index contributed by atoms with van der Waals surface area (Å²) < 4.78 is 0. The van der Waals surface area contributed by atoms with Gasteiger partial charge in [0.25, 0.3) is 0 Å². The molecule has 19 heavy (non-hydrogen) atoms. The van der Waals surface area contributed by atoms with Crippen molar-refractivity contribution in [3.8, 4) is 0 Å². The third-order valence-electron chi connectivity index (χ3n) is 3.37. The van der Waals surface area contributed by atoms with E-state index in [-0.39, 0.29) is 24.2 Å². The van der Waals surface area contributed by atoms with Crippen LogP contribution in [0.3, 0.4) is 0 Å². The maximum atomic E-state index is 12.4. The van der Waals surface area contributed by atoms with Gasteiger partial charge in [-0.15, -0.1) is 12.4 Å². The predicted molar refractivity (Wildman–Crippen MR) is 81.2 cm³/mol. The van der Waals surface area contributed by atoms with E-state index >= 15 is 0 Å². The molecule has 1 N–H and O–H groups in total.